The first-order valence-electron chi connectivity index (χ1n) is 12.6. The number of piperidine rings is 1. The molecule has 3 unspecified atom stereocenters. The van der Waals surface area contributed by atoms with Crippen LogP contribution in [0.15, 0.2) is 36.0 Å². The molecule has 6 N–H and O–H groups in total. The van der Waals surface area contributed by atoms with Gasteiger partial charge in [-0.3, -0.25) is 4.79 Å². The first-order chi connectivity index (χ1) is 15.7. The van der Waals surface area contributed by atoms with Gasteiger partial charge in [-0.15, -0.1) is 0 Å². The Kier molecular flexibility index (Phi) is 14.3. The molecule has 208 valence electrons. The van der Waals surface area contributed by atoms with E-state index in [1.165, 1.54) is 12.7 Å². The van der Waals surface area contributed by atoms with Crippen molar-refractivity contribution in [3.8, 4) is 0 Å². The monoisotopic (exact) mass is 509 g/mol. The predicted molar refractivity (Wildman–Crippen MR) is 147 cm³/mol. The highest BCUT2D eigenvalue weighted by Gasteiger charge is 2.40. The van der Waals surface area contributed by atoms with Crippen LogP contribution in [0.1, 0.15) is 67.2 Å². The summed E-state index contributed by atoms with van der Waals surface area (Å²) >= 11 is 0. The summed E-state index contributed by atoms with van der Waals surface area (Å²) in [7, 11) is 1.39. The first kappa shape index (κ1) is 33.8. The zero-order valence-corrected chi connectivity index (χ0v) is 22.1. The number of hydrogen-bond acceptors (Lipinski definition) is 4. The molecule has 0 aromatic rings. The maximum Gasteiger partial charge on any atom is 0.407 e. The summed E-state index contributed by atoms with van der Waals surface area (Å²) in [5.74, 6) is 1.13. The van der Waals surface area contributed by atoms with Crippen molar-refractivity contribution in [1.82, 2.24) is 15.5 Å². The fourth-order valence-electron chi connectivity index (χ4n) is 5.62. The largest absolute Gasteiger partial charge is 0.453 e. The van der Waals surface area contributed by atoms with Crippen LogP contribution in [0.4, 0.5) is 4.79 Å². The van der Waals surface area contributed by atoms with Gasteiger partial charge in [-0.1, -0.05) is 65.5 Å². The Balaban J connectivity index is 0.00000408. The number of likely N-dealkylation sites (tertiary alicyclic amines) is 1. The molecule has 1 heterocycles. The van der Waals surface area contributed by atoms with Crippen molar-refractivity contribution < 1.29 is 25.3 Å². The van der Waals surface area contributed by atoms with E-state index < -0.39 is 6.09 Å². The number of carbonyl (C=O) groups is 2. The van der Waals surface area contributed by atoms with E-state index in [1.54, 1.807) is 0 Å². The molecule has 0 saturated carbocycles. The highest BCUT2D eigenvalue weighted by atomic mass is 16.5. The van der Waals surface area contributed by atoms with Gasteiger partial charge in [-0.05, 0) is 60.8 Å². The lowest BCUT2D eigenvalue weighted by Crippen LogP contribution is -2.56. The molecule has 8 heteroatoms. The third-order valence-corrected chi connectivity index (χ3v) is 7.55. The summed E-state index contributed by atoms with van der Waals surface area (Å²) < 4.78 is 4.79. The van der Waals surface area contributed by atoms with E-state index in [1.807, 2.05) is 0 Å². The third-order valence-electron chi connectivity index (χ3n) is 7.55. The molecule has 0 spiro atoms. The number of hydrogen-bond donors (Lipinski definition) is 2. The Morgan fingerprint density at radius 3 is 2.42 bits per heavy atom. The maximum absolute atomic E-state index is 13.6. The quantitative estimate of drug-likeness (QED) is 0.509. The van der Waals surface area contributed by atoms with E-state index >= 15 is 0 Å². The second-order valence-corrected chi connectivity index (χ2v) is 10.8. The van der Waals surface area contributed by atoms with E-state index in [-0.39, 0.29) is 53.6 Å². The Labute approximate surface area is 218 Å². The first-order valence-corrected chi connectivity index (χ1v) is 12.6. The van der Waals surface area contributed by atoms with Crippen LogP contribution >= 0.6 is 0 Å². The van der Waals surface area contributed by atoms with Gasteiger partial charge in [0.2, 0.25) is 5.91 Å². The lowest BCUT2D eigenvalue weighted by Gasteiger charge is -2.46. The Morgan fingerprint density at radius 1 is 1.14 bits per heavy atom. The molecule has 0 radical (unpaired) electrons. The van der Waals surface area contributed by atoms with Gasteiger partial charge in [0.05, 0.1) is 13.2 Å². The molecule has 0 bridgehead atoms. The van der Waals surface area contributed by atoms with Crippen molar-refractivity contribution in [2.24, 2.45) is 23.2 Å². The van der Waals surface area contributed by atoms with E-state index in [4.69, 9.17) is 4.74 Å². The van der Waals surface area contributed by atoms with Crippen molar-refractivity contribution >= 4 is 12.0 Å². The number of nitrogens with one attached hydrogen (secondary N) is 2. The lowest BCUT2D eigenvalue weighted by molar-refractivity contribution is -0.138. The molecule has 4 atom stereocenters. The molecule has 1 aliphatic heterocycles. The summed E-state index contributed by atoms with van der Waals surface area (Å²) in [6, 6.07) is -0.208. The Hall–Kier alpha value is -2.16. The number of nitrogens with zero attached hydrogens (tertiary/aromatic N) is 1. The van der Waals surface area contributed by atoms with Crippen LogP contribution in [0.3, 0.4) is 0 Å². The van der Waals surface area contributed by atoms with Crippen LogP contribution in [-0.4, -0.2) is 66.7 Å². The van der Waals surface area contributed by atoms with Crippen molar-refractivity contribution in [3.63, 3.8) is 0 Å². The second-order valence-electron chi connectivity index (χ2n) is 10.8. The lowest BCUT2D eigenvalue weighted by atomic mass is 9.69. The van der Waals surface area contributed by atoms with Gasteiger partial charge in [-0.2, -0.15) is 0 Å². The van der Waals surface area contributed by atoms with E-state index in [0.29, 0.717) is 12.5 Å². The zero-order chi connectivity index (χ0) is 24.0. The summed E-state index contributed by atoms with van der Waals surface area (Å²) in [6.07, 6.45) is 15.8. The third kappa shape index (κ3) is 8.46. The van der Waals surface area contributed by atoms with Crippen molar-refractivity contribution in [2.45, 2.75) is 79.3 Å². The molecule has 3 rings (SSSR count). The van der Waals surface area contributed by atoms with Crippen molar-refractivity contribution in [2.75, 3.05) is 26.7 Å². The standard InChI is InChI=1S/C27H43N3O3.CH4.2H2O/c1-19(2)24(28-17-21-13-9-10-14-23(21)29-26(32)33-5)25(31)30-16-15-22(27(3,4)18-30)20-11-7-6-8-12-20;;;/h7,9-12,19,21-24,28H,6,8,13-18H2,1-5H3,(H,29,32);1H4;2*1H2/t21?,22?,23?,24-;;;/m1.../s1. The number of ether oxygens (including phenoxy) is 1. The topological polar surface area (TPSA) is 134 Å². The molecule has 8 nitrogen and oxygen atoms in total. The molecule has 0 aromatic carbocycles. The number of amides is 2. The minimum absolute atomic E-state index is 0. The van der Waals surface area contributed by atoms with Crippen LogP contribution in [0, 0.1) is 23.2 Å². The van der Waals surface area contributed by atoms with Crippen LogP contribution in [0.2, 0.25) is 0 Å². The molecular weight excluding hydrogens is 458 g/mol. The van der Waals surface area contributed by atoms with Crippen LogP contribution in [0.5, 0.6) is 0 Å². The zero-order valence-electron chi connectivity index (χ0n) is 22.1. The van der Waals surface area contributed by atoms with Gasteiger partial charge >= 0.3 is 6.09 Å². The number of alkyl carbamates (subject to hydrolysis) is 1. The smallest absolute Gasteiger partial charge is 0.407 e. The van der Waals surface area contributed by atoms with Gasteiger partial charge in [0, 0.05) is 25.7 Å². The van der Waals surface area contributed by atoms with Gasteiger partial charge in [-0.25, -0.2) is 4.79 Å². The fourth-order valence-corrected chi connectivity index (χ4v) is 5.62. The molecule has 36 heavy (non-hydrogen) atoms. The number of carbonyl (C=O) groups excluding carboxylic acids is 2. The number of methoxy groups -OCH3 is 1. The highest BCUT2D eigenvalue weighted by Crippen LogP contribution is 2.41. The second kappa shape index (κ2) is 15.2. The fraction of sp³-hybridized carbons (Fsp3) is 0.714. The highest BCUT2D eigenvalue weighted by molar-refractivity contribution is 5.82. The SMILES string of the molecule is C.COC(=O)NC1CC=CCC1CN[C@@H](C(=O)N1CCC(C2=CCCC=C2)C(C)(C)C1)C(C)C.O.O. The summed E-state index contributed by atoms with van der Waals surface area (Å²) in [6.45, 7) is 11.1. The molecule has 1 saturated heterocycles. The van der Waals surface area contributed by atoms with Crippen LogP contribution in [0.25, 0.3) is 0 Å². The van der Waals surface area contributed by atoms with Gasteiger partial charge in [0.25, 0.3) is 0 Å². The van der Waals surface area contributed by atoms with E-state index in [2.05, 4.69) is 73.6 Å². The predicted octanol–water partition coefficient (Wildman–Crippen LogP) is 3.43. The molecule has 2 amide bonds. The molecule has 1 fully saturated rings. The van der Waals surface area contributed by atoms with Gasteiger partial charge in [0.1, 0.15) is 0 Å². The van der Waals surface area contributed by atoms with Crippen molar-refractivity contribution in [1.29, 1.82) is 0 Å². The normalized spacial score (nSPS) is 25.4. The van der Waals surface area contributed by atoms with Gasteiger partial charge < -0.3 is 31.2 Å². The average Bonchev–Trinajstić information content (AvgIpc) is 2.79. The molecule has 2 aliphatic carbocycles. The minimum atomic E-state index is -0.398. The summed E-state index contributed by atoms with van der Waals surface area (Å²) in [4.78, 5) is 27.4. The average molecular weight is 510 g/mol. The minimum Gasteiger partial charge on any atom is -0.453 e. The summed E-state index contributed by atoms with van der Waals surface area (Å²) in [5.41, 5.74) is 1.50. The number of rotatable bonds is 7. The Bertz CT molecular complexity index is 790. The van der Waals surface area contributed by atoms with E-state index in [9.17, 15) is 9.59 Å². The van der Waals surface area contributed by atoms with Gasteiger partial charge in [0.15, 0.2) is 0 Å². The number of allylic oxidation sites excluding steroid dienone is 5. The van der Waals surface area contributed by atoms with Crippen LogP contribution < -0.4 is 10.6 Å². The van der Waals surface area contributed by atoms with E-state index in [0.717, 1.165) is 45.2 Å². The van der Waals surface area contributed by atoms with Crippen molar-refractivity contribution in [3.05, 3.63) is 36.0 Å². The van der Waals surface area contributed by atoms with Crippen LogP contribution in [-0.2, 0) is 9.53 Å². The molecule has 0 aromatic heterocycles. The summed E-state index contributed by atoms with van der Waals surface area (Å²) in [5, 5.41) is 6.52. The maximum atomic E-state index is 13.6. The molecular formula is C28H51N3O5. The molecule has 3 aliphatic rings. The Morgan fingerprint density at radius 2 is 1.83 bits per heavy atom.